The van der Waals surface area contributed by atoms with Crippen LogP contribution in [-0.4, -0.2) is 64.5 Å². The Balaban J connectivity index is 1.33. The van der Waals surface area contributed by atoms with E-state index in [-0.39, 0.29) is 11.1 Å². The second kappa shape index (κ2) is 8.08. The Morgan fingerprint density at radius 3 is 2.52 bits per heavy atom. The zero-order valence-electron chi connectivity index (χ0n) is 17.5. The molecule has 10 heteroatoms. The monoisotopic (exact) mass is 442 g/mol. The molecule has 1 saturated heterocycles. The maximum Gasteiger partial charge on any atom is 0.262 e. The van der Waals surface area contributed by atoms with E-state index in [2.05, 4.69) is 25.9 Å². The molecule has 1 aliphatic carbocycles. The lowest BCUT2D eigenvalue weighted by Gasteiger charge is -2.35. The van der Waals surface area contributed by atoms with Crippen LogP contribution in [0.5, 0.6) is 5.88 Å². The molecule has 0 amide bonds. The van der Waals surface area contributed by atoms with Crippen molar-refractivity contribution in [3.63, 3.8) is 0 Å². The number of aryl methyl sites for hydroxylation is 1. The Morgan fingerprint density at radius 2 is 1.81 bits per heavy atom. The van der Waals surface area contributed by atoms with Crippen LogP contribution < -0.4 is 9.64 Å². The van der Waals surface area contributed by atoms with Gasteiger partial charge in [-0.3, -0.25) is 0 Å². The Morgan fingerprint density at radius 1 is 1.03 bits per heavy atom. The van der Waals surface area contributed by atoms with Crippen molar-refractivity contribution >= 4 is 26.6 Å². The number of aromatic nitrogens is 4. The van der Waals surface area contributed by atoms with Crippen LogP contribution in [0.25, 0.3) is 10.9 Å². The number of imidazole rings is 1. The van der Waals surface area contributed by atoms with Crippen LogP contribution in [0.3, 0.4) is 0 Å². The molecule has 1 saturated carbocycles. The summed E-state index contributed by atoms with van der Waals surface area (Å²) in [4.78, 5) is 15.0. The largest absolute Gasteiger partial charge is 0.474 e. The van der Waals surface area contributed by atoms with Gasteiger partial charge >= 0.3 is 0 Å². The van der Waals surface area contributed by atoms with Crippen molar-refractivity contribution in [3.8, 4) is 5.88 Å². The third-order valence-corrected chi connectivity index (χ3v) is 7.84. The molecule has 31 heavy (non-hydrogen) atoms. The van der Waals surface area contributed by atoms with E-state index >= 15 is 0 Å². The van der Waals surface area contributed by atoms with E-state index in [0.717, 1.165) is 29.4 Å². The van der Waals surface area contributed by atoms with Gasteiger partial charge in [0, 0.05) is 45.1 Å². The van der Waals surface area contributed by atoms with Crippen LogP contribution in [0.4, 0.5) is 5.69 Å². The van der Waals surface area contributed by atoms with Gasteiger partial charge in [-0.05, 0) is 43.9 Å². The van der Waals surface area contributed by atoms with Crippen molar-refractivity contribution in [2.45, 2.75) is 36.8 Å². The topological polar surface area (TPSA) is 93.5 Å². The standard InChI is InChI=1S/C21H26N6O3S/c1-25-13-20(24-15-25)31(28,29)27-10-8-26(9-11-27)16-6-7-19-18(12-16)21(23-14-22-19)30-17-4-2-3-5-17/h6-7,12-15,17H,2-5,8-11H2,1H3. The highest BCUT2D eigenvalue weighted by Gasteiger charge is 2.30. The minimum atomic E-state index is -3.57. The fourth-order valence-electron chi connectivity index (χ4n) is 4.32. The van der Waals surface area contributed by atoms with Crippen LogP contribution >= 0.6 is 0 Å². The quantitative estimate of drug-likeness (QED) is 0.598. The fraction of sp³-hybridized carbons (Fsp3) is 0.476. The average molecular weight is 443 g/mol. The predicted molar refractivity (Wildman–Crippen MR) is 117 cm³/mol. The summed E-state index contributed by atoms with van der Waals surface area (Å²) in [5.74, 6) is 0.634. The number of hydrogen-bond donors (Lipinski definition) is 0. The average Bonchev–Trinajstić information content (AvgIpc) is 3.46. The maximum atomic E-state index is 12.8. The van der Waals surface area contributed by atoms with Gasteiger partial charge in [-0.1, -0.05) is 0 Å². The van der Waals surface area contributed by atoms with Crippen LogP contribution in [0.1, 0.15) is 25.7 Å². The van der Waals surface area contributed by atoms with E-state index in [1.165, 1.54) is 29.7 Å². The lowest BCUT2D eigenvalue weighted by atomic mass is 10.2. The Hall–Kier alpha value is -2.72. The number of fused-ring (bicyclic) bond motifs is 1. The van der Waals surface area contributed by atoms with Gasteiger partial charge in [0.05, 0.1) is 17.2 Å². The SMILES string of the molecule is Cn1cnc(S(=O)(=O)N2CCN(c3ccc4ncnc(OC5CCCC5)c4c3)CC2)c1. The van der Waals surface area contributed by atoms with Gasteiger partial charge in [-0.25, -0.2) is 23.4 Å². The fourth-order valence-corrected chi connectivity index (χ4v) is 5.70. The molecule has 3 aromatic rings. The van der Waals surface area contributed by atoms with Crippen molar-refractivity contribution in [3.05, 3.63) is 37.1 Å². The molecule has 3 heterocycles. The van der Waals surface area contributed by atoms with Gasteiger partial charge in [0.15, 0.2) is 5.03 Å². The molecular formula is C21H26N6O3S. The van der Waals surface area contributed by atoms with Crippen molar-refractivity contribution in [2.75, 3.05) is 31.1 Å². The molecule has 1 aliphatic heterocycles. The highest BCUT2D eigenvalue weighted by Crippen LogP contribution is 2.31. The van der Waals surface area contributed by atoms with Gasteiger partial charge in [-0.15, -0.1) is 0 Å². The van der Waals surface area contributed by atoms with Gasteiger partial charge < -0.3 is 14.2 Å². The first-order valence-corrected chi connectivity index (χ1v) is 12.1. The summed E-state index contributed by atoms with van der Waals surface area (Å²) < 4.78 is 35.0. The lowest BCUT2D eigenvalue weighted by Crippen LogP contribution is -2.48. The van der Waals surface area contributed by atoms with Crippen LogP contribution in [-0.2, 0) is 17.1 Å². The molecule has 0 bridgehead atoms. The lowest BCUT2D eigenvalue weighted by molar-refractivity contribution is 0.204. The van der Waals surface area contributed by atoms with Crippen molar-refractivity contribution < 1.29 is 13.2 Å². The number of sulfonamides is 1. The highest BCUT2D eigenvalue weighted by molar-refractivity contribution is 7.89. The smallest absolute Gasteiger partial charge is 0.262 e. The Kier molecular flexibility index (Phi) is 5.27. The van der Waals surface area contributed by atoms with Crippen LogP contribution in [0.2, 0.25) is 0 Å². The molecule has 164 valence electrons. The molecule has 0 radical (unpaired) electrons. The molecule has 0 spiro atoms. The number of piperazine rings is 1. The third-order valence-electron chi connectivity index (χ3n) is 6.05. The van der Waals surface area contributed by atoms with Gasteiger partial charge in [0.2, 0.25) is 5.88 Å². The third kappa shape index (κ3) is 3.97. The van der Waals surface area contributed by atoms with E-state index in [0.29, 0.717) is 32.1 Å². The number of hydrogen-bond acceptors (Lipinski definition) is 7. The Bertz CT molecular complexity index is 1180. The molecule has 0 unspecified atom stereocenters. The first kappa shape index (κ1) is 20.2. The highest BCUT2D eigenvalue weighted by atomic mass is 32.2. The number of ether oxygens (including phenoxy) is 1. The summed E-state index contributed by atoms with van der Waals surface area (Å²) in [6.07, 6.45) is 9.35. The first-order chi connectivity index (χ1) is 15.0. The predicted octanol–water partition coefficient (Wildman–Crippen LogP) is 2.20. The second-order valence-corrected chi connectivity index (χ2v) is 10.1. The summed E-state index contributed by atoms with van der Waals surface area (Å²) in [6, 6.07) is 6.06. The second-order valence-electron chi connectivity index (χ2n) is 8.17. The molecule has 2 aliphatic rings. The number of rotatable bonds is 5. The van der Waals surface area contributed by atoms with Gasteiger partial charge in [-0.2, -0.15) is 4.31 Å². The van der Waals surface area contributed by atoms with Crippen LogP contribution in [0, 0.1) is 0 Å². The summed E-state index contributed by atoms with van der Waals surface area (Å²) in [5.41, 5.74) is 1.87. The van der Waals surface area contributed by atoms with Crippen molar-refractivity contribution in [1.29, 1.82) is 0 Å². The summed E-state index contributed by atoms with van der Waals surface area (Å²) in [7, 11) is -1.80. The number of nitrogens with zero attached hydrogens (tertiary/aromatic N) is 6. The Labute approximate surface area is 181 Å². The van der Waals surface area contributed by atoms with E-state index in [4.69, 9.17) is 4.74 Å². The molecule has 9 nitrogen and oxygen atoms in total. The first-order valence-electron chi connectivity index (χ1n) is 10.7. The molecule has 2 fully saturated rings. The minimum absolute atomic E-state index is 0.0972. The summed E-state index contributed by atoms with van der Waals surface area (Å²) in [6.45, 7) is 2.02. The normalized spacial score (nSPS) is 18.7. The number of anilines is 1. The summed E-state index contributed by atoms with van der Waals surface area (Å²) >= 11 is 0. The zero-order chi connectivity index (χ0) is 21.4. The van der Waals surface area contributed by atoms with Crippen molar-refractivity contribution in [2.24, 2.45) is 7.05 Å². The zero-order valence-corrected chi connectivity index (χ0v) is 18.3. The van der Waals surface area contributed by atoms with Crippen molar-refractivity contribution in [1.82, 2.24) is 23.8 Å². The van der Waals surface area contributed by atoms with E-state index < -0.39 is 10.0 Å². The summed E-state index contributed by atoms with van der Waals surface area (Å²) in [5, 5.41) is 0.996. The molecule has 0 atom stereocenters. The van der Waals surface area contributed by atoms with E-state index in [1.54, 1.807) is 17.9 Å². The van der Waals surface area contributed by atoms with Gasteiger partial charge in [0.1, 0.15) is 12.4 Å². The van der Waals surface area contributed by atoms with Crippen LogP contribution in [0.15, 0.2) is 42.1 Å². The van der Waals surface area contributed by atoms with E-state index in [1.807, 2.05) is 12.1 Å². The molecule has 5 rings (SSSR count). The molecule has 1 aromatic carbocycles. The minimum Gasteiger partial charge on any atom is -0.474 e. The van der Waals surface area contributed by atoms with E-state index in [9.17, 15) is 8.42 Å². The molecule has 0 N–H and O–H groups in total. The van der Waals surface area contributed by atoms with Gasteiger partial charge in [0.25, 0.3) is 10.0 Å². The number of benzene rings is 1. The molecule has 2 aromatic heterocycles. The maximum absolute atomic E-state index is 12.8. The molecular weight excluding hydrogens is 416 g/mol.